The lowest BCUT2D eigenvalue weighted by Gasteiger charge is -2.21. The number of benzene rings is 2. The van der Waals surface area contributed by atoms with Gasteiger partial charge in [-0.25, -0.2) is 4.79 Å². The van der Waals surface area contributed by atoms with Gasteiger partial charge in [0, 0.05) is 12.2 Å². The highest BCUT2D eigenvalue weighted by Crippen LogP contribution is 2.21. The van der Waals surface area contributed by atoms with Crippen molar-refractivity contribution in [2.24, 2.45) is 0 Å². The fourth-order valence-corrected chi connectivity index (χ4v) is 2.17. The zero-order chi connectivity index (χ0) is 17.2. The van der Waals surface area contributed by atoms with Crippen LogP contribution >= 0.6 is 0 Å². The van der Waals surface area contributed by atoms with Gasteiger partial charge in [-0.1, -0.05) is 30.3 Å². The normalized spacial score (nSPS) is 9.83. The van der Waals surface area contributed by atoms with Crippen molar-refractivity contribution in [3.63, 3.8) is 0 Å². The van der Waals surface area contributed by atoms with Gasteiger partial charge in [0.1, 0.15) is 12.4 Å². The van der Waals surface area contributed by atoms with Gasteiger partial charge in [0.2, 0.25) is 0 Å². The van der Waals surface area contributed by atoms with Crippen LogP contribution in [-0.2, 0) is 11.3 Å². The predicted molar refractivity (Wildman–Crippen MR) is 91.8 cm³/mol. The quantitative estimate of drug-likeness (QED) is 0.768. The van der Waals surface area contributed by atoms with Crippen LogP contribution in [0.3, 0.4) is 0 Å². The SMILES string of the molecule is CCOc1ccc(N(CCC#N)C(=O)OCc2ccccc2)cc1. The van der Waals surface area contributed by atoms with Crippen molar-refractivity contribution in [1.82, 2.24) is 0 Å². The number of anilines is 1. The number of carbonyl (C=O) groups excluding carboxylic acids is 1. The third kappa shape index (κ3) is 5.03. The Bertz CT molecular complexity index is 678. The molecule has 5 nitrogen and oxygen atoms in total. The first kappa shape index (κ1) is 17.4. The largest absolute Gasteiger partial charge is 0.494 e. The predicted octanol–water partition coefficient (Wildman–Crippen LogP) is 4.14. The molecule has 2 aromatic carbocycles. The van der Waals surface area contributed by atoms with E-state index in [9.17, 15) is 4.79 Å². The molecule has 1 amide bonds. The number of ether oxygens (including phenoxy) is 2. The monoisotopic (exact) mass is 324 g/mol. The van der Waals surface area contributed by atoms with Gasteiger partial charge in [0.15, 0.2) is 0 Å². The van der Waals surface area contributed by atoms with Crippen LogP contribution in [0, 0.1) is 11.3 Å². The number of nitriles is 1. The summed E-state index contributed by atoms with van der Waals surface area (Å²) in [5, 5.41) is 8.82. The molecule has 0 spiro atoms. The Balaban J connectivity index is 2.06. The molecule has 0 bridgehead atoms. The third-order valence-electron chi connectivity index (χ3n) is 3.33. The Hall–Kier alpha value is -3.00. The molecule has 0 fully saturated rings. The molecule has 0 aromatic heterocycles. The minimum absolute atomic E-state index is 0.194. The van der Waals surface area contributed by atoms with Gasteiger partial charge in [-0.2, -0.15) is 5.26 Å². The number of carbonyl (C=O) groups is 1. The van der Waals surface area contributed by atoms with E-state index in [2.05, 4.69) is 6.07 Å². The van der Waals surface area contributed by atoms with Crippen molar-refractivity contribution in [2.75, 3.05) is 18.1 Å². The highest BCUT2D eigenvalue weighted by Gasteiger charge is 2.17. The molecule has 0 radical (unpaired) electrons. The molecule has 2 aromatic rings. The number of hydrogen-bond acceptors (Lipinski definition) is 4. The zero-order valence-electron chi connectivity index (χ0n) is 13.6. The van der Waals surface area contributed by atoms with E-state index < -0.39 is 6.09 Å². The molecule has 2 rings (SSSR count). The Morgan fingerprint density at radius 3 is 2.46 bits per heavy atom. The molecule has 0 unspecified atom stereocenters. The maximum atomic E-state index is 12.4. The first-order valence-corrected chi connectivity index (χ1v) is 7.82. The molecule has 0 heterocycles. The van der Waals surface area contributed by atoms with E-state index in [0.29, 0.717) is 12.3 Å². The topological polar surface area (TPSA) is 62.6 Å². The van der Waals surface area contributed by atoms with Gasteiger partial charge >= 0.3 is 6.09 Å². The number of rotatable bonds is 7. The summed E-state index contributed by atoms with van der Waals surface area (Å²) in [4.78, 5) is 13.9. The summed E-state index contributed by atoms with van der Waals surface area (Å²) in [5.41, 5.74) is 1.59. The van der Waals surface area contributed by atoms with E-state index >= 15 is 0 Å². The molecule has 0 aliphatic heterocycles. The van der Waals surface area contributed by atoms with Gasteiger partial charge in [-0.3, -0.25) is 4.90 Å². The summed E-state index contributed by atoms with van der Waals surface area (Å²) in [6.07, 6.45) is -0.244. The maximum absolute atomic E-state index is 12.4. The summed E-state index contributed by atoms with van der Waals surface area (Å²) in [5.74, 6) is 0.735. The van der Waals surface area contributed by atoms with Gasteiger partial charge in [0.25, 0.3) is 0 Å². The molecule has 124 valence electrons. The minimum atomic E-state index is -0.474. The van der Waals surface area contributed by atoms with Crippen LogP contribution in [0.4, 0.5) is 10.5 Å². The van der Waals surface area contributed by atoms with Crippen LogP contribution in [0.2, 0.25) is 0 Å². The third-order valence-corrected chi connectivity index (χ3v) is 3.33. The molecular formula is C19H20N2O3. The molecule has 0 aliphatic carbocycles. The molecule has 0 N–H and O–H groups in total. The molecule has 24 heavy (non-hydrogen) atoms. The Labute approximate surface area is 142 Å². The molecule has 5 heteroatoms. The van der Waals surface area contributed by atoms with Crippen LogP contribution in [-0.4, -0.2) is 19.2 Å². The van der Waals surface area contributed by atoms with Crippen LogP contribution in [0.1, 0.15) is 18.9 Å². The van der Waals surface area contributed by atoms with Crippen LogP contribution in [0.15, 0.2) is 54.6 Å². The van der Waals surface area contributed by atoms with E-state index in [1.807, 2.05) is 37.3 Å². The van der Waals surface area contributed by atoms with E-state index in [1.54, 1.807) is 24.3 Å². The second-order valence-corrected chi connectivity index (χ2v) is 5.03. The van der Waals surface area contributed by atoms with Gasteiger partial charge in [-0.05, 0) is 36.8 Å². The number of amides is 1. The Kier molecular flexibility index (Phi) is 6.66. The van der Waals surface area contributed by atoms with Gasteiger partial charge in [-0.15, -0.1) is 0 Å². The highest BCUT2D eigenvalue weighted by molar-refractivity contribution is 5.87. The first-order valence-electron chi connectivity index (χ1n) is 7.82. The van der Waals surface area contributed by atoms with Crippen molar-refractivity contribution in [2.45, 2.75) is 20.0 Å². The Morgan fingerprint density at radius 1 is 1.12 bits per heavy atom. The van der Waals surface area contributed by atoms with Crippen LogP contribution < -0.4 is 9.64 Å². The van der Waals surface area contributed by atoms with Crippen molar-refractivity contribution in [1.29, 1.82) is 5.26 Å². The fraction of sp³-hybridized carbons (Fsp3) is 0.263. The lowest BCUT2D eigenvalue weighted by atomic mass is 10.2. The van der Waals surface area contributed by atoms with Crippen molar-refractivity contribution in [3.05, 3.63) is 60.2 Å². The van der Waals surface area contributed by atoms with E-state index in [4.69, 9.17) is 14.7 Å². The summed E-state index contributed by atoms with van der Waals surface area (Å²) in [7, 11) is 0. The fourth-order valence-electron chi connectivity index (χ4n) is 2.17. The summed E-state index contributed by atoms with van der Waals surface area (Å²) in [6.45, 7) is 2.96. The summed E-state index contributed by atoms with van der Waals surface area (Å²) >= 11 is 0. The highest BCUT2D eigenvalue weighted by atomic mass is 16.6. The van der Waals surface area contributed by atoms with Crippen LogP contribution in [0.5, 0.6) is 5.75 Å². The standard InChI is InChI=1S/C19H20N2O3/c1-2-23-18-11-9-17(10-12-18)21(14-6-13-20)19(22)24-15-16-7-4-3-5-8-16/h3-5,7-12H,2,6,14-15H2,1H3. The smallest absolute Gasteiger partial charge is 0.414 e. The van der Waals surface area contributed by atoms with E-state index in [-0.39, 0.29) is 19.6 Å². The Morgan fingerprint density at radius 2 is 1.83 bits per heavy atom. The molecule has 0 saturated heterocycles. The average Bonchev–Trinajstić information content (AvgIpc) is 2.62. The van der Waals surface area contributed by atoms with Crippen LogP contribution in [0.25, 0.3) is 0 Å². The van der Waals surface area contributed by atoms with Crippen molar-refractivity contribution in [3.8, 4) is 11.8 Å². The lowest BCUT2D eigenvalue weighted by Crippen LogP contribution is -2.32. The molecule has 0 saturated carbocycles. The molecular weight excluding hydrogens is 304 g/mol. The molecule has 0 aliphatic rings. The van der Waals surface area contributed by atoms with E-state index in [1.165, 1.54) is 4.90 Å². The van der Waals surface area contributed by atoms with Crippen molar-refractivity contribution < 1.29 is 14.3 Å². The zero-order valence-corrected chi connectivity index (χ0v) is 13.6. The second-order valence-electron chi connectivity index (χ2n) is 5.03. The summed E-state index contributed by atoms with van der Waals surface area (Å²) < 4.78 is 10.8. The van der Waals surface area contributed by atoms with Crippen molar-refractivity contribution >= 4 is 11.8 Å². The average molecular weight is 324 g/mol. The first-order chi connectivity index (χ1) is 11.7. The minimum Gasteiger partial charge on any atom is -0.494 e. The molecule has 0 atom stereocenters. The lowest BCUT2D eigenvalue weighted by molar-refractivity contribution is 0.147. The number of nitrogens with zero attached hydrogens (tertiary/aromatic N) is 2. The number of hydrogen-bond donors (Lipinski definition) is 0. The van der Waals surface area contributed by atoms with Gasteiger partial charge in [0.05, 0.1) is 19.1 Å². The second kappa shape index (κ2) is 9.21. The summed E-state index contributed by atoms with van der Waals surface area (Å²) in [6, 6.07) is 18.7. The maximum Gasteiger partial charge on any atom is 0.414 e. The van der Waals surface area contributed by atoms with E-state index in [0.717, 1.165) is 11.3 Å². The van der Waals surface area contributed by atoms with Gasteiger partial charge < -0.3 is 9.47 Å².